The number of aliphatic hydroxyl groups is 2. The van der Waals surface area contributed by atoms with Crippen LogP contribution >= 0.6 is 0 Å². The summed E-state index contributed by atoms with van der Waals surface area (Å²) in [5, 5.41) is 40.9. The van der Waals surface area contributed by atoms with Crippen LogP contribution in [0.5, 0.6) is 11.5 Å². The molecule has 9 heteroatoms. The maximum atomic E-state index is 12.9. The highest BCUT2D eigenvalue weighted by Crippen LogP contribution is 2.28. The topological polar surface area (TPSA) is 151 Å². The lowest BCUT2D eigenvalue weighted by Crippen LogP contribution is -2.21. The number of hydrogen-bond donors (Lipinski definition) is 4. The van der Waals surface area contributed by atoms with Gasteiger partial charge >= 0.3 is 11.9 Å². The summed E-state index contributed by atoms with van der Waals surface area (Å²) in [7, 11) is 0. The fraction of sp³-hybridized carbons (Fsp3) is 0.296. The number of phenols is 2. The summed E-state index contributed by atoms with van der Waals surface area (Å²) in [5.74, 6) is -2.56. The quantitative estimate of drug-likeness (QED) is 0.196. The molecule has 0 spiro atoms. The largest absolute Gasteiger partial charge is 0.507 e. The highest BCUT2D eigenvalue weighted by Gasteiger charge is 2.20. The number of carbonyl (C=O) groups excluding carboxylic acids is 3. The first-order valence-electron chi connectivity index (χ1n) is 11.1. The molecule has 0 saturated carbocycles. The molecule has 2 aromatic carbocycles. The number of phenolic OH excluding ortho intramolecular Hbond substituents is 2. The molecule has 2 aromatic rings. The highest BCUT2D eigenvalue weighted by atomic mass is 16.5. The SMILES string of the molecule is C=C(C)C(=O)OCC(O)Cc1ccc(C(=O)c2ccc(CC(O)COC(=O)C(=C)C)cc2O)c(O)c1. The number of aromatic hydroxyl groups is 2. The van der Waals surface area contributed by atoms with E-state index in [1.165, 1.54) is 50.2 Å². The molecule has 2 rings (SSSR count). The van der Waals surface area contributed by atoms with E-state index in [-0.39, 0.29) is 59.8 Å². The van der Waals surface area contributed by atoms with Crippen molar-refractivity contribution in [3.63, 3.8) is 0 Å². The molecule has 9 nitrogen and oxygen atoms in total. The van der Waals surface area contributed by atoms with Crippen molar-refractivity contribution in [2.45, 2.75) is 38.9 Å². The molecule has 0 aliphatic heterocycles. The first-order chi connectivity index (χ1) is 16.9. The van der Waals surface area contributed by atoms with Gasteiger partial charge in [0.15, 0.2) is 5.78 Å². The Hall–Kier alpha value is -3.95. The van der Waals surface area contributed by atoms with E-state index in [0.29, 0.717) is 11.1 Å². The minimum atomic E-state index is -1.02. The van der Waals surface area contributed by atoms with Crippen LogP contribution in [0.3, 0.4) is 0 Å². The monoisotopic (exact) mass is 498 g/mol. The molecule has 2 atom stereocenters. The Morgan fingerprint density at radius 1 is 0.750 bits per heavy atom. The van der Waals surface area contributed by atoms with E-state index < -0.39 is 29.9 Å². The molecule has 192 valence electrons. The van der Waals surface area contributed by atoms with E-state index in [4.69, 9.17) is 9.47 Å². The third-order valence-electron chi connectivity index (χ3n) is 5.07. The third-order valence-corrected chi connectivity index (χ3v) is 5.07. The normalized spacial score (nSPS) is 12.3. The summed E-state index contributed by atoms with van der Waals surface area (Å²) >= 11 is 0. The van der Waals surface area contributed by atoms with Crippen molar-refractivity contribution in [1.82, 2.24) is 0 Å². The van der Waals surface area contributed by atoms with Crippen LogP contribution in [0.2, 0.25) is 0 Å². The van der Waals surface area contributed by atoms with Crippen LogP contribution in [0.4, 0.5) is 0 Å². The molecule has 0 bridgehead atoms. The molecule has 36 heavy (non-hydrogen) atoms. The van der Waals surface area contributed by atoms with E-state index in [9.17, 15) is 34.8 Å². The summed E-state index contributed by atoms with van der Waals surface area (Å²) in [4.78, 5) is 35.7. The van der Waals surface area contributed by atoms with Gasteiger partial charge in [0.25, 0.3) is 0 Å². The first-order valence-corrected chi connectivity index (χ1v) is 11.1. The Labute approximate surface area is 208 Å². The van der Waals surface area contributed by atoms with Crippen LogP contribution in [0, 0.1) is 0 Å². The van der Waals surface area contributed by atoms with Crippen molar-refractivity contribution in [1.29, 1.82) is 0 Å². The third kappa shape index (κ3) is 8.07. The van der Waals surface area contributed by atoms with E-state index in [1.807, 2.05) is 0 Å². The zero-order chi connectivity index (χ0) is 27.0. The van der Waals surface area contributed by atoms with Crippen LogP contribution in [0.1, 0.15) is 40.9 Å². The lowest BCUT2D eigenvalue weighted by molar-refractivity contribution is -0.142. The predicted octanol–water partition coefficient (Wildman–Crippen LogP) is 2.37. The maximum absolute atomic E-state index is 12.9. The highest BCUT2D eigenvalue weighted by molar-refractivity contribution is 6.12. The van der Waals surface area contributed by atoms with E-state index in [2.05, 4.69) is 13.2 Å². The lowest BCUT2D eigenvalue weighted by atomic mass is 9.97. The number of rotatable bonds is 12. The molecule has 0 aromatic heterocycles. The van der Waals surface area contributed by atoms with Crippen LogP contribution in [0.25, 0.3) is 0 Å². The zero-order valence-corrected chi connectivity index (χ0v) is 20.2. The molecular weight excluding hydrogens is 468 g/mol. The number of benzene rings is 2. The molecule has 0 radical (unpaired) electrons. The molecule has 0 aliphatic rings. The molecule has 0 aliphatic carbocycles. The number of ketones is 1. The Morgan fingerprint density at radius 2 is 1.11 bits per heavy atom. The van der Waals surface area contributed by atoms with Crippen molar-refractivity contribution < 1.29 is 44.3 Å². The minimum Gasteiger partial charge on any atom is -0.507 e. The summed E-state index contributed by atoms with van der Waals surface area (Å²) < 4.78 is 9.79. The second-order valence-corrected chi connectivity index (χ2v) is 8.51. The molecule has 0 amide bonds. The summed E-state index contributed by atoms with van der Waals surface area (Å²) in [6.45, 7) is 9.38. The van der Waals surface area contributed by atoms with Gasteiger partial charge in [0.05, 0.1) is 23.3 Å². The van der Waals surface area contributed by atoms with Crippen molar-refractivity contribution in [3.05, 3.63) is 83.0 Å². The van der Waals surface area contributed by atoms with Gasteiger partial charge in [-0.1, -0.05) is 25.3 Å². The molecule has 0 saturated heterocycles. The fourth-order valence-electron chi connectivity index (χ4n) is 3.19. The minimum absolute atomic E-state index is 0.0586. The average molecular weight is 499 g/mol. The van der Waals surface area contributed by atoms with Crippen molar-refractivity contribution in [2.24, 2.45) is 0 Å². The van der Waals surface area contributed by atoms with Crippen LogP contribution < -0.4 is 0 Å². The zero-order valence-electron chi connectivity index (χ0n) is 20.2. The second kappa shape index (κ2) is 12.7. The van der Waals surface area contributed by atoms with Crippen molar-refractivity contribution in [2.75, 3.05) is 13.2 Å². The fourth-order valence-corrected chi connectivity index (χ4v) is 3.19. The lowest BCUT2D eigenvalue weighted by Gasteiger charge is -2.14. The summed E-state index contributed by atoms with van der Waals surface area (Å²) in [6.07, 6.45) is -1.92. The van der Waals surface area contributed by atoms with Gasteiger partial charge in [-0.05, 0) is 49.2 Å². The Morgan fingerprint density at radius 3 is 1.42 bits per heavy atom. The second-order valence-electron chi connectivity index (χ2n) is 8.51. The van der Waals surface area contributed by atoms with Gasteiger partial charge in [-0.3, -0.25) is 4.79 Å². The summed E-state index contributed by atoms with van der Waals surface area (Å²) in [6, 6.07) is 8.42. The van der Waals surface area contributed by atoms with Crippen LogP contribution in [-0.2, 0) is 31.9 Å². The predicted molar refractivity (Wildman–Crippen MR) is 131 cm³/mol. The molecule has 4 N–H and O–H groups in total. The van der Waals surface area contributed by atoms with Gasteiger partial charge in [0.1, 0.15) is 24.7 Å². The van der Waals surface area contributed by atoms with Gasteiger partial charge < -0.3 is 29.9 Å². The number of ether oxygens (including phenoxy) is 2. The number of esters is 2. The first kappa shape index (κ1) is 28.3. The van der Waals surface area contributed by atoms with Crippen molar-refractivity contribution in [3.8, 4) is 11.5 Å². The van der Waals surface area contributed by atoms with Crippen molar-refractivity contribution >= 4 is 17.7 Å². The smallest absolute Gasteiger partial charge is 0.333 e. The van der Waals surface area contributed by atoms with E-state index >= 15 is 0 Å². The Bertz CT molecular complexity index is 1080. The van der Waals surface area contributed by atoms with Gasteiger partial charge in [0.2, 0.25) is 0 Å². The molecule has 2 unspecified atom stereocenters. The van der Waals surface area contributed by atoms with Crippen LogP contribution in [0.15, 0.2) is 60.7 Å². The van der Waals surface area contributed by atoms with Gasteiger partial charge in [-0.2, -0.15) is 0 Å². The maximum Gasteiger partial charge on any atom is 0.333 e. The Balaban J connectivity index is 2.03. The average Bonchev–Trinajstić information content (AvgIpc) is 2.80. The van der Waals surface area contributed by atoms with Crippen LogP contribution in [-0.4, -0.2) is 63.6 Å². The molecular formula is C27H30O9. The Kier molecular flexibility index (Phi) is 9.95. The van der Waals surface area contributed by atoms with Gasteiger partial charge in [0, 0.05) is 24.0 Å². The van der Waals surface area contributed by atoms with E-state index in [0.717, 1.165) is 0 Å². The van der Waals surface area contributed by atoms with Gasteiger partial charge in [-0.15, -0.1) is 0 Å². The molecule has 0 heterocycles. The number of hydrogen-bond acceptors (Lipinski definition) is 9. The molecule has 0 fully saturated rings. The van der Waals surface area contributed by atoms with Gasteiger partial charge in [-0.25, -0.2) is 9.59 Å². The number of aliphatic hydroxyl groups excluding tert-OH is 2. The number of carbonyl (C=O) groups is 3. The standard InChI is InChI=1S/C27H30O9/c1-15(2)26(33)35-13-19(28)9-17-5-7-21(23(30)11-17)25(32)22-8-6-18(12-24(22)31)10-20(29)14-36-27(34)16(3)4/h5-8,11-12,19-20,28-31H,1,3,9-10,13-14H2,2,4H3. The van der Waals surface area contributed by atoms with E-state index in [1.54, 1.807) is 0 Å². The summed E-state index contributed by atoms with van der Waals surface area (Å²) in [5.41, 5.74) is 1.31.